The normalized spacial score (nSPS) is 10.4. The van der Waals surface area contributed by atoms with E-state index < -0.39 is 5.97 Å². The van der Waals surface area contributed by atoms with E-state index in [0.29, 0.717) is 28.2 Å². The minimum absolute atomic E-state index is 0.0257. The Kier molecular flexibility index (Phi) is 8.96. The van der Waals surface area contributed by atoms with E-state index in [1.54, 1.807) is 6.92 Å². The molecule has 0 radical (unpaired) electrons. The Labute approximate surface area is 172 Å². The number of thiazole rings is 1. The highest BCUT2D eigenvalue weighted by atomic mass is 32.2. The Morgan fingerprint density at radius 1 is 1.11 bits per heavy atom. The van der Waals surface area contributed by atoms with Gasteiger partial charge in [0.1, 0.15) is 10.7 Å². The number of rotatable bonds is 10. The number of hydrogen-bond donors (Lipinski definition) is 2. The van der Waals surface area contributed by atoms with Gasteiger partial charge in [-0.1, -0.05) is 53.4 Å². The molecule has 0 spiro atoms. The third-order valence-electron chi connectivity index (χ3n) is 3.47. The molecule has 0 bridgehead atoms. The molecule has 0 aliphatic rings. The van der Waals surface area contributed by atoms with Gasteiger partial charge in [0.25, 0.3) is 0 Å². The van der Waals surface area contributed by atoms with Gasteiger partial charge < -0.3 is 15.4 Å². The highest BCUT2D eigenvalue weighted by molar-refractivity contribution is 8.01. The van der Waals surface area contributed by atoms with Crippen molar-refractivity contribution < 1.29 is 19.1 Å². The van der Waals surface area contributed by atoms with Crippen LogP contribution < -0.4 is 10.6 Å². The van der Waals surface area contributed by atoms with Gasteiger partial charge in [-0.05, 0) is 13.8 Å². The lowest BCUT2D eigenvalue weighted by atomic mass is 10.1. The molecule has 1 aromatic carbocycles. The largest absolute Gasteiger partial charge is 0.466 e. The van der Waals surface area contributed by atoms with Gasteiger partial charge in [0.2, 0.25) is 11.8 Å². The standard InChI is InChI=1S/C19H23N3O4S2/c1-3-20-15(24)12-27-19-22-17(13-8-6-5-7-9-13)18(28-19)21-14(23)10-11-16(25)26-4-2/h5-9H,3-4,10-12H2,1-2H3,(H,20,24)(H,21,23). The smallest absolute Gasteiger partial charge is 0.306 e. The molecule has 0 fully saturated rings. The van der Waals surface area contributed by atoms with Crippen molar-refractivity contribution in [3.05, 3.63) is 30.3 Å². The highest BCUT2D eigenvalue weighted by Crippen LogP contribution is 2.37. The summed E-state index contributed by atoms with van der Waals surface area (Å²) in [7, 11) is 0. The van der Waals surface area contributed by atoms with Gasteiger partial charge in [-0.15, -0.1) is 0 Å². The average Bonchev–Trinajstić information content (AvgIpc) is 3.08. The number of nitrogens with one attached hydrogen (secondary N) is 2. The molecule has 2 N–H and O–H groups in total. The maximum Gasteiger partial charge on any atom is 0.306 e. The van der Waals surface area contributed by atoms with Crippen molar-refractivity contribution in [1.82, 2.24) is 10.3 Å². The van der Waals surface area contributed by atoms with Crippen molar-refractivity contribution in [2.24, 2.45) is 0 Å². The Hall–Kier alpha value is -2.39. The number of carbonyl (C=O) groups is 3. The second kappa shape index (κ2) is 11.5. The monoisotopic (exact) mass is 421 g/mol. The zero-order chi connectivity index (χ0) is 20.4. The Balaban J connectivity index is 2.10. The molecule has 1 aromatic heterocycles. The molecular weight excluding hydrogens is 398 g/mol. The molecule has 0 unspecified atom stereocenters. The van der Waals surface area contributed by atoms with Crippen LogP contribution in [0.3, 0.4) is 0 Å². The van der Waals surface area contributed by atoms with Crippen LogP contribution in [0.1, 0.15) is 26.7 Å². The van der Waals surface area contributed by atoms with E-state index in [-0.39, 0.29) is 30.4 Å². The van der Waals surface area contributed by atoms with E-state index in [0.717, 1.165) is 5.56 Å². The predicted octanol–water partition coefficient (Wildman–Crippen LogP) is 3.32. The van der Waals surface area contributed by atoms with Crippen LogP contribution in [0.15, 0.2) is 34.7 Å². The molecule has 0 atom stereocenters. The maximum absolute atomic E-state index is 12.3. The van der Waals surface area contributed by atoms with Gasteiger partial charge in [0.15, 0.2) is 4.34 Å². The maximum atomic E-state index is 12.3. The SMILES string of the molecule is CCNC(=O)CSc1nc(-c2ccccc2)c(NC(=O)CCC(=O)OCC)s1. The van der Waals surface area contributed by atoms with Crippen LogP contribution in [0.25, 0.3) is 11.3 Å². The molecule has 0 aliphatic carbocycles. The second-order valence-electron chi connectivity index (χ2n) is 5.62. The fourth-order valence-electron chi connectivity index (χ4n) is 2.25. The summed E-state index contributed by atoms with van der Waals surface area (Å²) in [6, 6.07) is 9.49. The van der Waals surface area contributed by atoms with Crippen molar-refractivity contribution in [3.63, 3.8) is 0 Å². The van der Waals surface area contributed by atoms with Gasteiger partial charge in [-0.2, -0.15) is 0 Å². The first-order chi connectivity index (χ1) is 13.5. The van der Waals surface area contributed by atoms with Crippen LogP contribution in [0.2, 0.25) is 0 Å². The van der Waals surface area contributed by atoms with Crippen molar-refractivity contribution in [2.45, 2.75) is 31.0 Å². The van der Waals surface area contributed by atoms with E-state index in [9.17, 15) is 14.4 Å². The molecule has 150 valence electrons. The number of thioether (sulfide) groups is 1. The van der Waals surface area contributed by atoms with E-state index >= 15 is 0 Å². The minimum atomic E-state index is -0.400. The lowest BCUT2D eigenvalue weighted by Gasteiger charge is -2.05. The summed E-state index contributed by atoms with van der Waals surface area (Å²) in [4.78, 5) is 40.0. The highest BCUT2D eigenvalue weighted by Gasteiger charge is 2.17. The first kappa shape index (κ1) is 21.9. The number of esters is 1. The molecule has 0 saturated carbocycles. The zero-order valence-corrected chi connectivity index (χ0v) is 17.5. The number of nitrogens with zero attached hydrogens (tertiary/aromatic N) is 1. The van der Waals surface area contributed by atoms with Crippen LogP contribution in [-0.4, -0.2) is 41.7 Å². The number of hydrogen-bond acceptors (Lipinski definition) is 7. The summed E-state index contributed by atoms with van der Waals surface area (Å²) in [5.41, 5.74) is 1.51. The molecule has 0 aliphatic heterocycles. The molecule has 0 saturated heterocycles. The van der Waals surface area contributed by atoms with Crippen LogP contribution in [0.4, 0.5) is 5.00 Å². The lowest BCUT2D eigenvalue weighted by molar-refractivity contribution is -0.144. The minimum Gasteiger partial charge on any atom is -0.466 e. The van der Waals surface area contributed by atoms with E-state index in [1.807, 2.05) is 37.3 Å². The lowest BCUT2D eigenvalue weighted by Crippen LogP contribution is -2.24. The average molecular weight is 422 g/mol. The van der Waals surface area contributed by atoms with Gasteiger partial charge in [0.05, 0.1) is 18.8 Å². The second-order valence-corrected chi connectivity index (χ2v) is 7.84. The molecule has 2 rings (SSSR count). The molecule has 28 heavy (non-hydrogen) atoms. The van der Waals surface area contributed by atoms with Gasteiger partial charge >= 0.3 is 5.97 Å². The summed E-state index contributed by atoms with van der Waals surface area (Å²) in [5, 5.41) is 6.17. The number of ether oxygens (including phenoxy) is 1. The van der Waals surface area contributed by atoms with Crippen molar-refractivity contribution in [2.75, 3.05) is 24.2 Å². The molecular formula is C19H23N3O4S2. The van der Waals surface area contributed by atoms with E-state index in [1.165, 1.54) is 23.1 Å². The molecule has 7 nitrogen and oxygen atoms in total. The molecule has 9 heteroatoms. The van der Waals surface area contributed by atoms with Crippen molar-refractivity contribution in [1.29, 1.82) is 0 Å². The third-order valence-corrected chi connectivity index (χ3v) is 5.58. The summed E-state index contributed by atoms with van der Waals surface area (Å²) >= 11 is 2.63. The van der Waals surface area contributed by atoms with E-state index in [2.05, 4.69) is 15.6 Å². The number of anilines is 1. The Morgan fingerprint density at radius 2 is 1.86 bits per heavy atom. The molecule has 2 amide bonds. The van der Waals surface area contributed by atoms with E-state index in [4.69, 9.17) is 4.74 Å². The van der Waals surface area contributed by atoms with Crippen LogP contribution in [0.5, 0.6) is 0 Å². The first-order valence-corrected chi connectivity index (χ1v) is 10.7. The summed E-state index contributed by atoms with van der Waals surface area (Å²) in [6.45, 7) is 4.46. The number of carbonyl (C=O) groups excluding carboxylic acids is 3. The number of benzene rings is 1. The topological polar surface area (TPSA) is 97.4 Å². The predicted molar refractivity (Wildman–Crippen MR) is 111 cm³/mol. The Bertz CT molecular complexity index is 809. The van der Waals surface area contributed by atoms with Crippen molar-refractivity contribution >= 4 is 45.9 Å². The summed E-state index contributed by atoms with van der Waals surface area (Å²) < 4.78 is 5.53. The fraction of sp³-hybridized carbons (Fsp3) is 0.368. The summed E-state index contributed by atoms with van der Waals surface area (Å²) in [6.07, 6.45) is 0.0598. The van der Waals surface area contributed by atoms with Crippen molar-refractivity contribution in [3.8, 4) is 11.3 Å². The van der Waals surface area contributed by atoms with Gasteiger partial charge in [-0.3, -0.25) is 14.4 Å². The van der Waals surface area contributed by atoms with Crippen LogP contribution in [0, 0.1) is 0 Å². The fourth-order valence-corrected chi connectivity index (χ4v) is 4.16. The molecule has 2 aromatic rings. The van der Waals surface area contributed by atoms with Gasteiger partial charge in [-0.25, -0.2) is 4.98 Å². The zero-order valence-electron chi connectivity index (χ0n) is 15.8. The van der Waals surface area contributed by atoms with Gasteiger partial charge in [0, 0.05) is 18.5 Å². The van der Waals surface area contributed by atoms with Crippen LogP contribution in [-0.2, 0) is 19.1 Å². The Morgan fingerprint density at radius 3 is 2.54 bits per heavy atom. The molecule has 1 heterocycles. The third kappa shape index (κ3) is 6.97. The quantitative estimate of drug-likeness (QED) is 0.451. The van der Waals surface area contributed by atoms with Crippen LogP contribution >= 0.6 is 23.1 Å². The number of amides is 2. The first-order valence-electron chi connectivity index (χ1n) is 8.94. The number of aromatic nitrogens is 1. The summed E-state index contributed by atoms with van der Waals surface area (Å²) in [5.74, 6) is -0.493.